The largest absolute Gasteiger partial charge is 0.457 e. The number of ether oxygens (including phenoxy) is 1. The summed E-state index contributed by atoms with van der Waals surface area (Å²) in [6.45, 7) is 4.23. The van der Waals surface area contributed by atoms with Crippen LogP contribution in [0.1, 0.15) is 65.3 Å². The maximum absolute atomic E-state index is 13.7. The monoisotopic (exact) mass is 796 g/mol. The average Bonchev–Trinajstić information content (AvgIpc) is 3.76. The number of carbonyl (C=O) groups is 5. The molecule has 0 radical (unpaired) electrons. The van der Waals surface area contributed by atoms with Gasteiger partial charge < -0.3 is 25.6 Å². The van der Waals surface area contributed by atoms with Gasteiger partial charge in [0.05, 0.1) is 22.6 Å². The third kappa shape index (κ3) is 7.46. The number of benzene rings is 3. The minimum atomic E-state index is -0.997. The minimum absolute atomic E-state index is 0.0261. The Labute approximate surface area is 339 Å². The molecule has 5 aromatic rings. The molecule has 16 nitrogen and oxygen atoms in total. The number of likely N-dealkylation sites (tertiary alicyclic amines) is 2. The molecule has 9 rings (SSSR count). The number of rotatable bonds is 10. The first-order chi connectivity index (χ1) is 28.7. The number of hydrogen-bond acceptors (Lipinski definition) is 12. The molecule has 1 unspecified atom stereocenters. The zero-order chi connectivity index (χ0) is 40.6. The number of nitrogens with zero attached hydrogens (tertiary/aromatic N) is 7. The van der Waals surface area contributed by atoms with Gasteiger partial charge in [0.2, 0.25) is 17.7 Å². The first kappa shape index (κ1) is 37.9. The summed E-state index contributed by atoms with van der Waals surface area (Å²) in [6, 6.07) is 21.4. The molecule has 2 aromatic heterocycles. The van der Waals surface area contributed by atoms with Crippen LogP contribution in [0.3, 0.4) is 0 Å². The Morgan fingerprint density at radius 2 is 1.56 bits per heavy atom. The van der Waals surface area contributed by atoms with E-state index < -0.39 is 29.7 Å². The highest BCUT2D eigenvalue weighted by Crippen LogP contribution is 2.36. The zero-order valence-corrected chi connectivity index (χ0v) is 32.4. The van der Waals surface area contributed by atoms with E-state index in [0.29, 0.717) is 53.6 Å². The van der Waals surface area contributed by atoms with Crippen molar-refractivity contribution in [2.75, 3.05) is 50.3 Å². The third-order valence-electron chi connectivity index (χ3n) is 11.9. The molecule has 4 aliphatic rings. The van der Waals surface area contributed by atoms with Crippen molar-refractivity contribution in [1.29, 1.82) is 0 Å². The van der Waals surface area contributed by atoms with Crippen molar-refractivity contribution in [2.45, 2.75) is 50.6 Å². The molecule has 0 spiro atoms. The van der Waals surface area contributed by atoms with E-state index in [2.05, 4.69) is 25.5 Å². The van der Waals surface area contributed by atoms with E-state index in [1.54, 1.807) is 18.2 Å². The maximum Gasteiger partial charge on any atom is 0.262 e. The predicted molar refractivity (Wildman–Crippen MR) is 217 cm³/mol. The van der Waals surface area contributed by atoms with Crippen molar-refractivity contribution >= 4 is 52.1 Å². The molecule has 5 amide bonds. The predicted octanol–water partition coefficient (Wildman–Crippen LogP) is 4.26. The lowest BCUT2D eigenvalue weighted by Crippen LogP contribution is -2.54. The van der Waals surface area contributed by atoms with Crippen LogP contribution in [0.5, 0.6) is 11.5 Å². The van der Waals surface area contributed by atoms with Crippen LogP contribution in [0, 0.1) is 5.92 Å². The number of hydrogen-bond donors (Lipinski definition) is 3. The van der Waals surface area contributed by atoms with Crippen LogP contribution in [-0.2, 0) is 14.4 Å². The topological polar surface area (TPSA) is 198 Å². The van der Waals surface area contributed by atoms with Gasteiger partial charge in [-0.3, -0.25) is 34.2 Å². The van der Waals surface area contributed by atoms with Gasteiger partial charge >= 0.3 is 0 Å². The van der Waals surface area contributed by atoms with E-state index in [1.165, 1.54) is 6.33 Å². The van der Waals surface area contributed by atoms with E-state index in [4.69, 9.17) is 15.6 Å². The van der Waals surface area contributed by atoms with Crippen LogP contribution in [0.2, 0.25) is 0 Å². The summed E-state index contributed by atoms with van der Waals surface area (Å²) in [5, 5.41) is 11.3. The molecule has 16 heteroatoms. The fourth-order valence-electron chi connectivity index (χ4n) is 8.69. The standard InChI is InChI=1S/C43H44N10O6/c44-38-36-37(26-6-9-31(10-7-26)59-30-4-2-1-3-5-30)49-53(39(36)47-25-46-38)29-16-21-51(22-17-29)41(56)27-14-19-50(20-15-27)23-18-45-28-8-11-32-33(24-28)43(58)52(42(32)57)34-12-13-35(54)48-40(34)55/h1-11,24-25,27,29,34,45H,12-23H2,(H2,44,46,47)(H,48,54,55). The lowest BCUT2D eigenvalue weighted by Gasteiger charge is -2.37. The Bertz CT molecular complexity index is 2440. The fraction of sp³-hybridized carbons (Fsp3) is 0.349. The number of aromatic nitrogens is 4. The summed E-state index contributed by atoms with van der Waals surface area (Å²) < 4.78 is 7.94. The Balaban J connectivity index is 0.759. The number of imide groups is 2. The summed E-state index contributed by atoms with van der Waals surface area (Å²) >= 11 is 0. The van der Waals surface area contributed by atoms with E-state index in [0.717, 1.165) is 61.5 Å². The highest BCUT2D eigenvalue weighted by atomic mass is 16.5. The van der Waals surface area contributed by atoms with Crippen molar-refractivity contribution in [1.82, 2.24) is 39.8 Å². The van der Waals surface area contributed by atoms with Crippen molar-refractivity contribution in [2.24, 2.45) is 5.92 Å². The molecule has 3 saturated heterocycles. The number of anilines is 2. The average molecular weight is 797 g/mol. The molecule has 59 heavy (non-hydrogen) atoms. The highest BCUT2D eigenvalue weighted by molar-refractivity contribution is 6.23. The minimum Gasteiger partial charge on any atom is -0.457 e. The van der Waals surface area contributed by atoms with Crippen LogP contribution in [0.4, 0.5) is 11.5 Å². The summed E-state index contributed by atoms with van der Waals surface area (Å²) in [7, 11) is 0. The summed E-state index contributed by atoms with van der Waals surface area (Å²) in [5.41, 5.74) is 9.86. The normalized spacial score (nSPS) is 19.3. The van der Waals surface area contributed by atoms with Crippen molar-refractivity contribution in [3.63, 3.8) is 0 Å². The number of nitrogens with one attached hydrogen (secondary N) is 2. The van der Waals surface area contributed by atoms with Gasteiger partial charge in [-0.15, -0.1) is 0 Å². The number of fused-ring (bicyclic) bond motifs is 2. The van der Waals surface area contributed by atoms with Gasteiger partial charge in [-0.2, -0.15) is 5.10 Å². The molecule has 0 saturated carbocycles. The second-order valence-electron chi connectivity index (χ2n) is 15.5. The van der Waals surface area contributed by atoms with E-state index in [-0.39, 0.29) is 41.8 Å². The molecule has 3 fully saturated rings. The van der Waals surface area contributed by atoms with Gasteiger partial charge in [-0.1, -0.05) is 18.2 Å². The van der Waals surface area contributed by atoms with Gasteiger partial charge in [-0.25, -0.2) is 14.6 Å². The SMILES string of the molecule is Nc1ncnc2c1c(-c1ccc(Oc3ccccc3)cc1)nn2C1CCN(C(=O)C2CCN(CCNc3ccc4c(c3)C(=O)N(C3CCC(=O)NC3=O)C4=O)CC2)CC1. The van der Waals surface area contributed by atoms with Crippen LogP contribution in [0.15, 0.2) is 79.1 Å². The summed E-state index contributed by atoms with van der Waals surface area (Å²) in [4.78, 5) is 78.1. The van der Waals surface area contributed by atoms with Crippen LogP contribution in [0.25, 0.3) is 22.3 Å². The lowest BCUT2D eigenvalue weighted by molar-refractivity contribution is -0.138. The van der Waals surface area contributed by atoms with E-state index in [9.17, 15) is 24.0 Å². The van der Waals surface area contributed by atoms with Gasteiger partial charge in [0, 0.05) is 49.8 Å². The van der Waals surface area contributed by atoms with Crippen LogP contribution >= 0.6 is 0 Å². The first-order valence-electron chi connectivity index (χ1n) is 20.1. The molecule has 0 aliphatic carbocycles. The molecule has 1 atom stereocenters. The van der Waals surface area contributed by atoms with Gasteiger partial charge in [0.25, 0.3) is 11.8 Å². The molecule has 302 valence electrons. The quantitative estimate of drug-likeness (QED) is 0.170. The number of carbonyl (C=O) groups excluding carboxylic acids is 5. The molecule has 6 heterocycles. The Kier molecular flexibility index (Phi) is 10.2. The summed E-state index contributed by atoms with van der Waals surface area (Å²) in [5.74, 6) is -0.0784. The van der Waals surface area contributed by atoms with Crippen molar-refractivity contribution in [3.8, 4) is 22.8 Å². The molecular weight excluding hydrogens is 753 g/mol. The van der Waals surface area contributed by atoms with Crippen molar-refractivity contribution in [3.05, 3.63) is 90.3 Å². The highest BCUT2D eigenvalue weighted by Gasteiger charge is 2.44. The number of para-hydroxylation sites is 1. The maximum atomic E-state index is 13.7. The zero-order valence-electron chi connectivity index (χ0n) is 32.4. The second kappa shape index (κ2) is 15.9. The van der Waals surface area contributed by atoms with Gasteiger partial charge in [0.15, 0.2) is 5.65 Å². The molecular formula is C43H44N10O6. The van der Waals surface area contributed by atoms with Crippen LogP contribution < -0.4 is 21.1 Å². The Morgan fingerprint density at radius 1 is 0.831 bits per heavy atom. The van der Waals surface area contributed by atoms with Crippen LogP contribution in [-0.4, -0.2) is 109 Å². The number of amides is 5. The molecule has 3 aromatic carbocycles. The Hall–Kier alpha value is -6.68. The second-order valence-corrected chi connectivity index (χ2v) is 15.5. The smallest absolute Gasteiger partial charge is 0.262 e. The van der Waals surface area contributed by atoms with E-state index in [1.807, 2.05) is 64.2 Å². The number of piperidine rings is 3. The molecule has 4 N–H and O–H groups in total. The fourth-order valence-corrected chi connectivity index (χ4v) is 8.69. The van der Waals surface area contributed by atoms with Gasteiger partial charge in [0.1, 0.15) is 35.4 Å². The first-order valence-corrected chi connectivity index (χ1v) is 20.1. The molecule has 4 aliphatic heterocycles. The van der Waals surface area contributed by atoms with Crippen molar-refractivity contribution < 1.29 is 28.7 Å². The molecule has 0 bridgehead atoms. The van der Waals surface area contributed by atoms with E-state index >= 15 is 0 Å². The number of nitrogens with two attached hydrogens (primary N) is 1. The summed E-state index contributed by atoms with van der Waals surface area (Å²) in [6.07, 6.45) is 4.71. The van der Waals surface area contributed by atoms with Gasteiger partial charge in [-0.05, 0) is 99.8 Å². The third-order valence-corrected chi connectivity index (χ3v) is 11.9. The lowest BCUT2D eigenvalue weighted by atomic mass is 9.94. The number of nitrogen functional groups attached to an aromatic ring is 1. The Morgan fingerprint density at radius 3 is 2.31 bits per heavy atom.